The quantitative estimate of drug-likeness (QED) is 0.305. The van der Waals surface area contributed by atoms with E-state index in [-0.39, 0.29) is 6.54 Å². The molecule has 0 fully saturated rings. The van der Waals surface area contributed by atoms with E-state index in [4.69, 9.17) is 14.6 Å². The number of carboxylic acid groups (broad SMARTS) is 1. The normalized spacial score (nSPS) is 13.2. The zero-order valence-electron chi connectivity index (χ0n) is 16.4. The van der Waals surface area contributed by atoms with E-state index in [1.807, 2.05) is 27.7 Å². The molecule has 0 aliphatic heterocycles. The lowest BCUT2D eigenvalue weighted by atomic mass is 10.0. The average molecular weight is 407 g/mol. The van der Waals surface area contributed by atoms with Crippen molar-refractivity contribution in [2.75, 3.05) is 25.5 Å². The van der Waals surface area contributed by atoms with Crippen molar-refractivity contribution < 1.29 is 24.2 Å². The molecule has 1 unspecified atom stereocenters. The zero-order valence-corrected chi connectivity index (χ0v) is 17.3. The van der Waals surface area contributed by atoms with E-state index in [9.17, 15) is 19.4 Å². The summed E-state index contributed by atoms with van der Waals surface area (Å²) in [6.07, 6.45) is 1.40. The summed E-state index contributed by atoms with van der Waals surface area (Å²) in [5.74, 6) is -1.61. The van der Waals surface area contributed by atoms with Crippen LogP contribution >= 0.6 is 11.8 Å². The summed E-state index contributed by atoms with van der Waals surface area (Å²) in [5.41, 5.74) is -0.830. The molecular weight excluding hydrogens is 376 g/mol. The fourth-order valence-electron chi connectivity index (χ4n) is 2.10. The number of hydrogen-bond donors (Lipinski definition) is 1. The van der Waals surface area contributed by atoms with Gasteiger partial charge in [-0.05, 0) is 52.7 Å². The predicted molar refractivity (Wildman–Crippen MR) is 104 cm³/mol. The highest BCUT2D eigenvalue weighted by molar-refractivity contribution is 8.00. The third kappa shape index (κ3) is 13.4. The van der Waals surface area contributed by atoms with Gasteiger partial charge in [0.15, 0.2) is 0 Å². The van der Waals surface area contributed by atoms with E-state index in [1.54, 1.807) is 0 Å². The van der Waals surface area contributed by atoms with Crippen LogP contribution in [0.4, 0.5) is 0 Å². The van der Waals surface area contributed by atoms with Crippen molar-refractivity contribution in [3.63, 3.8) is 0 Å². The Labute approximate surface area is 163 Å². The van der Waals surface area contributed by atoms with Gasteiger partial charge in [0, 0.05) is 11.8 Å². The van der Waals surface area contributed by atoms with Crippen molar-refractivity contribution in [2.45, 2.75) is 69.8 Å². The fourth-order valence-corrected chi connectivity index (χ4v) is 3.12. The van der Waals surface area contributed by atoms with Crippen LogP contribution in [-0.2, 0) is 19.1 Å². The largest absolute Gasteiger partial charge is 0.481 e. The second-order valence-electron chi connectivity index (χ2n) is 7.31. The zero-order chi connectivity index (χ0) is 20.9. The number of aliphatic carboxylic acids is 1. The Balaban J connectivity index is 4.09. The molecule has 27 heavy (non-hydrogen) atoms. The highest BCUT2D eigenvalue weighted by Crippen LogP contribution is 2.21. The lowest BCUT2D eigenvalue weighted by Gasteiger charge is -2.29. The Morgan fingerprint density at radius 3 is 2.19 bits per heavy atom. The van der Waals surface area contributed by atoms with Gasteiger partial charge >= 0.3 is 5.97 Å². The van der Waals surface area contributed by atoms with E-state index in [0.717, 1.165) is 11.8 Å². The predicted octanol–water partition coefficient (Wildman–Crippen LogP) is 3.38. The minimum absolute atomic E-state index is 0.218. The minimum Gasteiger partial charge on any atom is -0.481 e. The van der Waals surface area contributed by atoms with Gasteiger partial charge < -0.3 is 14.6 Å². The summed E-state index contributed by atoms with van der Waals surface area (Å²) in [6.45, 7) is 8.83. The first-order valence-corrected chi connectivity index (χ1v) is 9.85. The van der Waals surface area contributed by atoms with Crippen LogP contribution in [0.3, 0.4) is 0 Å². The van der Waals surface area contributed by atoms with Crippen LogP contribution in [0.5, 0.6) is 0 Å². The van der Waals surface area contributed by atoms with Gasteiger partial charge in [-0.1, -0.05) is 5.18 Å². The van der Waals surface area contributed by atoms with E-state index in [1.165, 1.54) is 0 Å². The Morgan fingerprint density at radius 1 is 1.04 bits per heavy atom. The second kappa shape index (κ2) is 12.9. The number of nitrogens with zero attached hydrogens (tertiary/aromatic N) is 2. The average Bonchev–Trinajstić information content (AvgIpc) is 2.57. The maximum absolute atomic E-state index is 11.3. The highest BCUT2D eigenvalue weighted by atomic mass is 32.2. The van der Waals surface area contributed by atoms with Crippen LogP contribution in [0.25, 0.3) is 0 Å². The van der Waals surface area contributed by atoms with Gasteiger partial charge in [-0.3, -0.25) is 9.59 Å². The number of ether oxygens (including phenoxy) is 2. The SMILES string of the molecule is CC(C)(CCN=O)OCCC(C)(C)OCCCSC(CC(=O)O)C(=O)N=O. The van der Waals surface area contributed by atoms with E-state index in [0.29, 0.717) is 38.2 Å². The summed E-state index contributed by atoms with van der Waals surface area (Å²) < 4.78 is 11.6. The molecule has 0 aromatic carbocycles. The number of carbonyl (C=O) groups is 2. The van der Waals surface area contributed by atoms with Crippen molar-refractivity contribution in [1.82, 2.24) is 0 Å². The van der Waals surface area contributed by atoms with Gasteiger partial charge in [-0.15, -0.1) is 16.7 Å². The monoisotopic (exact) mass is 406 g/mol. The molecule has 0 aliphatic carbocycles. The third-order valence-electron chi connectivity index (χ3n) is 3.83. The molecule has 0 saturated carbocycles. The van der Waals surface area contributed by atoms with Crippen molar-refractivity contribution >= 4 is 23.6 Å². The Kier molecular flexibility index (Phi) is 12.2. The standard InChI is InChI=1S/C17H30N2O7S/c1-16(2,6-8-18-23)26-10-7-17(3,4)25-9-5-11-27-13(12-14(20)21)15(22)19-24/h13H,5-12H2,1-4H3,(H,20,21). The molecule has 0 heterocycles. The Morgan fingerprint density at radius 2 is 1.63 bits per heavy atom. The van der Waals surface area contributed by atoms with Gasteiger partial charge in [-0.25, -0.2) is 0 Å². The number of rotatable bonds is 16. The molecule has 0 aromatic rings. The van der Waals surface area contributed by atoms with Crippen molar-refractivity contribution in [1.29, 1.82) is 0 Å². The summed E-state index contributed by atoms with van der Waals surface area (Å²) in [4.78, 5) is 42.5. The van der Waals surface area contributed by atoms with E-state index >= 15 is 0 Å². The summed E-state index contributed by atoms with van der Waals surface area (Å²) in [6, 6.07) is 0. The molecule has 1 N–H and O–H groups in total. The molecule has 0 radical (unpaired) electrons. The smallest absolute Gasteiger partial charge is 0.305 e. The molecule has 1 atom stereocenters. The first-order valence-electron chi connectivity index (χ1n) is 8.80. The van der Waals surface area contributed by atoms with Crippen molar-refractivity contribution in [2.24, 2.45) is 10.4 Å². The van der Waals surface area contributed by atoms with Crippen LogP contribution in [-0.4, -0.2) is 58.9 Å². The lowest BCUT2D eigenvalue weighted by molar-refractivity contribution is -0.138. The van der Waals surface area contributed by atoms with E-state index < -0.39 is 34.7 Å². The fraction of sp³-hybridized carbons (Fsp3) is 0.882. The number of thioether (sulfide) groups is 1. The molecule has 0 spiro atoms. The van der Waals surface area contributed by atoms with Crippen molar-refractivity contribution in [3.8, 4) is 0 Å². The highest BCUT2D eigenvalue weighted by Gasteiger charge is 2.24. The third-order valence-corrected chi connectivity index (χ3v) is 5.12. The first kappa shape index (κ1) is 25.6. The molecule has 1 amide bonds. The maximum atomic E-state index is 11.3. The van der Waals surface area contributed by atoms with Crippen molar-refractivity contribution in [3.05, 3.63) is 9.81 Å². The minimum atomic E-state index is -1.14. The van der Waals surface area contributed by atoms with Crippen LogP contribution in [0.15, 0.2) is 10.4 Å². The number of hydrogen-bond acceptors (Lipinski definition) is 8. The van der Waals surface area contributed by atoms with Gasteiger partial charge in [0.05, 0.1) is 36.0 Å². The number of carbonyl (C=O) groups excluding carboxylic acids is 1. The second-order valence-corrected chi connectivity index (χ2v) is 8.62. The summed E-state index contributed by atoms with van der Waals surface area (Å²) in [7, 11) is 0. The first-order chi connectivity index (χ1) is 12.5. The molecule has 0 aromatic heterocycles. The lowest BCUT2D eigenvalue weighted by Crippen LogP contribution is -2.31. The topological polar surface area (TPSA) is 132 Å². The molecule has 0 aliphatic rings. The molecule has 0 saturated heterocycles. The molecule has 9 nitrogen and oxygen atoms in total. The van der Waals surface area contributed by atoms with Gasteiger partial charge in [-0.2, -0.15) is 4.91 Å². The summed E-state index contributed by atoms with van der Waals surface area (Å²) in [5, 5.41) is 13.0. The number of nitroso groups, excluding NO2 is 2. The molecule has 156 valence electrons. The summed E-state index contributed by atoms with van der Waals surface area (Å²) >= 11 is 1.10. The van der Waals surface area contributed by atoms with Gasteiger partial charge in [0.25, 0.3) is 5.91 Å². The Bertz CT molecular complexity index is 498. The number of carboxylic acids is 1. The Hall–Kier alpha value is -1.39. The van der Waals surface area contributed by atoms with Gasteiger partial charge in [0.1, 0.15) is 0 Å². The number of amides is 1. The van der Waals surface area contributed by atoms with Crippen LogP contribution in [0.1, 0.15) is 53.4 Å². The van der Waals surface area contributed by atoms with Crippen LogP contribution in [0, 0.1) is 9.81 Å². The van der Waals surface area contributed by atoms with Gasteiger partial charge in [0.2, 0.25) is 0 Å². The molecule has 0 rings (SSSR count). The van der Waals surface area contributed by atoms with E-state index in [2.05, 4.69) is 10.4 Å². The molecule has 0 bridgehead atoms. The van der Waals surface area contributed by atoms with Crippen LogP contribution in [0.2, 0.25) is 0 Å². The molecular formula is C17H30N2O7S. The van der Waals surface area contributed by atoms with Crippen LogP contribution < -0.4 is 0 Å². The maximum Gasteiger partial charge on any atom is 0.305 e. The molecule has 10 heteroatoms.